The maximum Gasteiger partial charge on any atom is 0.123 e. The molecule has 0 aliphatic rings. The van der Waals surface area contributed by atoms with E-state index < -0.39 is 0 Å². The van der Waals surface area contributed by atoms with Crippen molar-refractivity contribution in [1.82, 2.24) is 0 Å². The second-order valence-electron chi connectivity index (χ2n) is 3.06. The van der Waals surface area contributed by atoms with Crippen LogP contribution < -0.4 is 0 Å². The molecule has 1 unspecified atom stereocenters. The van der Waals surface area contributed by atoms with Gasteiger partial charge in [-0.25, -0.2) is 4.39 Å². The van der Waals surface area contributed by atoms with Gasteiger partial charge in [-0.2, -0.15) is 0 Å². The Hall–Kier alpha value is -0.0800. The SMILES string of the molecule is CC(Br)CCc1cc(F)ccc1Cl. The average Bonchev–Trinajstić information content (AvgIpc) is 2.06. The van der Waals surface area contributed by atoms with Gasteiger partial charge in [0.25, 0.3) is 0 Å². The summed E-state index contributed by atoms with van der Waals surface area (Å²) in [5.41, 5.74) is 0.882. The molecule has 1 atom stereocenters. The summed E-state index contributed by atoms with van der Waals surface area (Å²) >= 11 is 9.34. The van der Waals surface area contributed by atoms with E-state index in [-0.39, 0.29) is 5.82 Å². The fraction of sp³-hybridized carbons (Fsp3) is 0.400. The largest absolute Gasteiger partial charge is 0.207 e. The van der Waals surface area contributed by atoms with Gasteiger partial charge in [-0.15, -0.1) is 0 Å². The summed E-state index contributed by atoms with van der Waals surface area (Å²) in [4.78, 5) is 0.437. The van der Waals surface area contributed by atoms with Crippen LogP contribution in [0, 0.1) is 5.82 Å². The molecule has 3 heteroatoms. The van der Waals surface area contributed by atoms with Crippen molar-refractivity contribution in [2.45, 2.75) is 24.6 Å². The third kappa shape index (κ3) is 3.65. The summed E-state index contributed by atoms with van der Waals surface area (Å²) in [5, 5.41) is 0.648. The number of aryl methyl sites for hydroxylation is 1. The molecule has 0 saturated heterocycles. The molecule has 0 amide bonds. The monoisotopic (exact) mass is 264 g/mol. The van der Waals surface area contributed by atoms with Gasteiger partial charge in [0.15, 0.2) is 0 Å². The minimum Gasteiger partial charge on any atom is -0.207 e. The Labute approximate surface area is 91.2 Å². The molecule has 0 aliphatic heterocycles. The Kier molecular flexibility index (Phi) is 4.20. The van der Waals surface area contributed by atoms with Crippen LogP contribution in [0.5, 0.6) is 0 Å². The van der Waals surface area contributed by atoms with E-state index in [1.807, 2.05) is 0 Å². The van der Waals surface area contributed by atoms with Crippen molar-refractivity contribution >= 4 is 27.5 Å². The lowest BCUT2D eigenvalue weighted by molar-refractivity contribution is 0.624. The third-order valence-corrected chi connectivity index (χ3v) is 2.65. The molecule has 0 heterocycles. The van der Waals surface area contributed by atoms with Gasteiger partial charge in [-0.05, 0) is 36.6 Å². The van der Waals surface area contributed by atoms with Crippen LogP contribution in [0.3, 0.4) is 0 Å². The fourth-order valence-electron chi connectivity index (χ4n) is 1.09. The molecule has 72 valence electrons. The van der Waals surface area contributed by atoms with Crippen LogP contribution in [0.4, 0.5) is 4.39 Å². The Balaban J connectivity index is 2.70. The lowest BCUT2D eigenvalue weighted by Gasteiger charge is -2.05. The number of rotatable bonds is 3. The van der Waals surface area contributed by atoms with Crippen molar-refractivity contribution in [3.63, 3.8) is 0 Å². The molecular formula is C10H11BrClF. The maximum absolute atomic E-state index is 12.8. The van der Waals surface area contributed by atoms with E-state index in [1.165, 1.54) is 12.1 Å². The van der Waals surface area contributed by atoms with Gasteiger partial charge in [-0.1, -0.05) is 34.5 Å². The maximum atomic E-state index is 12.8. The number of benzene rings is 1. The summed E-state index contributed by atoms with van der Waals surface area (Å²) in [5.74, 6) is -0.221. The van der Waals surface area contributed by atoms with Crippen LogP contribution in [0.25, 0.3) is 0 Å². The van der Waals surface area contributed by atoms with Gasteiger partial charge < -0.3 is 0 Å². The van der Waals surface area contributed by atoms with E-state index in [4.69, 9.17) is 11.6 Å². The summed E-state index contributed by atoms with van der Waals surface area (Å²) in [6.07, 6.45) is 1.77. The topological polar surface area (TPSA) is 0 Å². The standard InChI is InChI=1S/C10H11BrClF/c1-7(11)2-3-8-6-9(13)4-5-10(8)12/h4-7H,2-3H2,1H3. The highest BCUT2D eigenvalue weighted by Gasteiger charge is 2.03. The van der Waals surface area contributed by atoms with Gasteiger partial charge in [0.1, 0.15) is 5.82 Å². The molecule has 0 fully saturated rings. The van der Waals surface area contributed by atoms with Crippen LogP contribution >= 0.6 is 27.5 Å². The number of hydrogen-bond donors (Lipinski definition) is 0. The van der Waals surface area contributed by atoms with Gasteiger partial charge in [0.05, 0.1) is 0 Å². The lowest BCUT2D eigenvalue weighted by atomic mass is 10.1. The van der Waals surface area contributed by atoms with Crippen molar-refractivity contribution in [1.29, 1.82) is 0 Å². The highest BCUT2D eigenvalue weighted by Crippen LogP contribution is 2.20. The Morgan fingerprint density at radius 3 is 2.85 bits per heavy atom. The first kappa shape index (κ1) is 11.0. The molecule has 0 N–H and O–H groups in total. The van der Waals surface area contributed by atoms with Crippen molar-refractivity contribution in [2.24, 2.45) is 0 Å². The first-order chi connectivity index (χ1) is 6.09. The van der Waals surface area contributed by atoms with Gasteiger partial charge in [-0.3, -0.25) is 0 Å². The third-order valence-electron chi connectivity index (χ3n) is 1.82. The summed E-state index contributed by atoms with van der Waals surface area (Å²) in [6, 6.07) is 4.48. The van der Waals surface area contributed by atoms with Crippen LogP contribution in [-0.4, -0.2) is 4.83 Å². The van der Waals surface area contributed by atoms with Crippen LogP contribution in [0.1, 0.15) is 18.9 Å². The minimum absolute atomic E-state index is 0.221. The Bertz CT molecular complexity index is 286. The molecule has 13 heavy (non-hydrogen) atoms. The van der Waals surface area contributed by atoms with Gasteiger partial charge >= 0.3 is 0 Å². The molecule has 0 aromatic heterocycles. The van der Waals surface area contributed by atoms with Crippen LogP contribution in [0.2, 0.25) is 5.02 Å². The molecule has 0 spiro atoms. The number of alkyl halides is 1. The van der Waals surface area contributed by atoms with Crippen molar-refractivity contribution in [3.8, 4) is 0 Å². The highest BCUT2D eigenvalue weighted by atomic mass is 79.9. The van der Waals surface area contributed by atoms with E-state index in [9.17, 15) is 4.39 Å². The molecule has 1 rings (SSSR count). The first-order valence-corrected chi connectivity index (χ1v) is 5.47. The van der Waals surface area contributed by atoms with E-state index in [0.717, 1.165) is 18.4 Å². The van der Waals surface area contributed by atoms with E-state index >= 15 is 0 Å². The molecule has 0 bridgehead atoms. The zero-order valence-electron chi connectivity index (χ0n) is 7.36. The zero-order valence-corrected chi connectivity index (χ0v) is 9.70. The Morgan fingerprint density at radius 1 is 1.54 bits per heavy atom. The molecule has 0 nitrogen and oxygen atoms in total. The smallest absolute Gasteiger partial charge is 0.123 e. The first-order valence-electron chi connectivity index (χ1n) is 4.17. The fourth-order valence-corrected chi connectivity index (χ4v) is 1.53. The molecule has 1 aromatic rings. The van der Waals surface area contributed by atoms with Crippen molar-refractivity contribution in [3.05, 3.63) is 34.6 Å². The van der Waals surface area contributed by atoms with E-state index in [0.29, 0.717) is 9.85 Å². The highest BCUT2D eigenvalue weighted by molar-refractivity contribution is 9.09. The minimum atomic E-state index is -0.221. The quantitative estimate of drug-likeness (QED) is 0.719. The lowest BCUT2D eigenvalue weighted by Crippen LogP contribution is -1.95. The molecule has 1 aromatic carbocycles. The zero-order chi connectivity index (χ0) is 9.84. The summed E-state index contributed by atoms with van der Waals surface area (Å²) < 4.78 is 12.8. The predicted octanol–water partition coefficient (Wildman–Crippen LogP) is 4.20. The van der Waals surface area contributed by atoms with E-state index in [1.54, 1.807) is 6.07 Å². The summed E-state index contributed by atoms with van der Waals surface area (Å²) in [6.45, 7) is 2.06. The molecule has 0 radical (unpaired) electrons. The average molecular weight is 266 g/mol. The molecular weight excluding hydrogens is 254 g/mol. The normalized spacial score (nSPS) is 12.9. The molecule has 0 saturated carbocycles. The predicted molar refractivity (Wildman–Crippen MR) is 58.1 cm³/mol. The van der Waals surface area contributed by atoms with E-state index in [2.05, 4.69) is 22.9 Å². The number of hydrogen-bond acceptors (Lipinski definition) is 0. The molecule has 0 aliphatic carbocycles. The van der Waals surface area contributed by atoms with Gasteiger partial charge in [0.2, 0.25) is 0 Å². The van der Waals surface area contributed by atoms with Crippen molar-refractivity contribution in [2.75, 3.05) is 0 Å². The van der Waals surface area contributed by atoms with Crippen LogP contribution in [-0.2, 0) is 6.42 Å². The number of halogens is 3. The van der Waals surface area contributed by atoms with Gasteiger partial charge in [0, 0.05) is 9.85 Å². The summed E-state index contributed by atoms with van der Waals surface area (Å²) in [7, 11) is 0. The Morgan fingerprint density at radius 2 is 2.23 bits per heavy atom. The van der Waals surface area contributed by atoms with Crippen LogP contribution in [0.15, 0.2) is 18.2 Å². The second-order valence-corrected chi connectivity index (χ2v) is 5.03. The second kappa shape index (κ2) is 4.97. The van der Waals surface area contributed by atoms with Crippen molar-refractivity contribution < 1.29 is 4.39 Å².